The standard InChI is InChI=1S/C9H19Cl3OSi/c1-8(2,3)7(9(10,11)12)13-14(4,5)6/h7H,1-6H3. The molecule has 5 heteroatoms. The molecule has 0 bridgehead atoms. The van der Waals surface area contributed by atoms with Crippen molar-refractivity contribution in [2.75, 3.05) is 0 Å². The van der Waals surface area contributed by atoms with Crippen molar-refractivity contribution in [1.29, 1.82) is 0 Å². The Morgan fingerprint density at radius 3 is 1.43 bits per heavy atom. The summed E-state index contributed by atoms with van der Waals surface area (Å²) in [4.78, 5) is 0. The molecule has 14 heavy (non-hydrogen) atoms. The van der Waals surface area contributed by atoms with Gasteiger partial charge in [0.05, 0.1) is 6.10 Å². The van der Waals surface area contributed by atoms with Crippen molar-refractivity contribution in [3.63, 3.8) is 0 Å². The second kappa shape index (κ2) is 4.50. The van der Waals surface area contributed by atoms with Crippen LogP contribution in [0.15, 0.2) is 0 Å². The summed E-state index contributed by atoms with van der Waals surface area (Å²) in [6.45, 7) is 12.3. The van der Waals surface area contributed by atoms with Gasteiger partial charge in [-0.05, 0) is 25.1 Å². The van der Waals surface area contributed by atoms with Crippen molar-refractivity contribution in [1.82, 2.24) is 0 Å². The Kier molecular flexibility index (Phi) is 4.84. The molecule has 0 aromatic rings. The van der Waals surface area contributed by atoms with E-state index in [1.54, 1.807) is 0 Å². The van der Waals surface area contributed by atoms with Gasteiger partial charge in [0.15, 0.2) is 8.32 Å². The quantitative estimate of drug-likeness (QED) is 0.528. The van der Waals surface area contributed by atoms with Crippen LogP contribution in [0.1, 0.15) is 20.8 Å². The second-order valence-corrected chi connectivity index (χ2v) is 12.3. The van der Waals surface area contributed by atoms with Gasteiger partial charge in [-0.15, -0.1) is 0 Å². The Balaban J connectivity index is 4.78. The topological polar surface area (TPSA) is 9.23 Å². The van der Waals surface area contributed by atoms with E-state index in [9.17, 15) is 0 Å². The SMILES string of the molecule is CC(C)(C)C(O[Si](C)(C)C)C(Cl)(Cl)Cl. The Hall–Kier alpha value is 1.05. The van der Waals surface area contributed by atoms with E-state index >= 15 is 0 Å². The lowest BCUT2D eigenvalue weighted by Gasteiger charge is -2.39. The fraction of sp³-hybridized carbons (Fsp3) is 1.00. The molecule has 0 aromatic carbocycles. The zero-order valence-electron chi connectivity index (χ0n) is 9.62. The summed E-state index contributed by atoms with van der Waals surface area (Å²) in [5.41, 5.74) is -0.175. The Morgan fingerprint density at radius 1 is 1.00 bits per heavy atom. The highest BCUT2D eigenvalue weighted by Crippen LogP contribution is 2.42. The Labute approximate surface area is 103 Å². The first-order chi connectivity index (χ1) is 5.84. The highest BCUT2D eigenvalue weighted by atomic mass is 35.6. The van der Waals surface area contributed by atoms with Crippen LogP contribution in [0.25, 0.3) is 0 Å². The predicted molar refractivity (Wildman–Crippen MR) is 68.0 cm³/mol. The van der Waals surface area contributed by atoms with Crippen LogP contribution in [0.5, 0.6) is 0 Å². The molecule has 0 aliphatic heterocycles. The molecule has 0 aliphatic carbocycles. The third-order valence-electron chi connectivity index (χ3n) is 1.56. The summed E-state index contributed by atoms with van der Waals surface area (Å²) in [7, 11) is -1.69. The molecule has 0 aromatic heterocycles. The fourth-order valence-electron chi connectivity index (χ4n) is 1.09. The molecule has 0 saturated heterocycles. The van der Waals surface area contributed by atoms with E-state index in [-0.39, 0.29) is 11.5 Å². The van der Waals surface area contributed by atoms with E-state index in [4.69, 9.17) is 39.2 Å². The van der Waals surface area contributed by atoms with Gasteiger partial charge < -0.3 is 4.43 Å². The van der Waals surface area contributed by atoms with E-state index in [1.807, 2.05) is 20.8 Å². The first kappa shape index (κ1) is 15.0. The van der Waals surface area contributed by atoms with Gasteiger partial charge in [-0.1, -0.05) is 55.6 Å². The van der Waals surface area contributed by atoms with E-state index in [1.165, 1.54) is 0 Å². The fourth-order valence-corrected chi connectivity index (χ4v) is 3.67. The second-order valence-electron chi connectivity index (χ2n) is 5.52. The molecule has 1 nitrogen and oxygen atoms in total. The zero-order valence-corrected chi connectivity index (χ0v) is 12.9. The molecule has 0 amide bonds. The smallest absolute Gasteiger partial charge is 0.215 e. The monoisotopic (exact) mass is 276 g/mol. The minimum absolute atomic E-state index is 0.175. The van der Waals surface area contributed by atoms with Crippen LogP contribution in [-0.4, -0.2) is 18.2 Å². The summed E-state index contributed by atoms with van der Waals surface area (Å²) in [5, 5.41) is 0. The van der Waals surface area contributed by atoms with Crippen LogP contribution < -0.4 is 0 Å². The van der Waals surface area contributed by atoms with Gasteiger partial charge in [0.1, 0.15) is 0 Å². The van der Waals surface area contributed by atoms with Crippen LogP contribution in [0.3, 0.4) is 0 Å². The number of rotatable bonds is 2. The molecule has 0 rings (SSSR count). The summed E-state index contributed by atoms with van der Waals surface area (Å²) >= 11 is 17.8. The van der Waals surface area contributed by atoms with Crippen molar-refractivity contribution >= 4 is 43.1 Å². The highest BCUT2D eigenvalue weighted by Gasteiger charge is 2.44. The van der Waals surface area contributed by atoms with Crippen molar-refractivity contribution in [2.45, 2.75) is 50.3 Å². The molecule has 1 atom stereocenters. The number of hydrogen-bond acceptors (Lipinski definition) is 1. The number of alkyl halides is 3. The van der Waals surface area contributed by atoms with Crippen LogP contribution in [0.2, 0.25) is 19.6 Å². The lowest BCUT2D eigenvalue weighted by Crippen LogP contribution is -2.46. The molecule has 0 heterocycles. The van der Waals surface area contributed by atoms with Gasteiger partial charge in [-0.3, -0.25) is 0 Å². The number of halogens is 3. The third kappa shape index (κ3) is 5.81. The zero-order chi connectivity index (χ0) is 11.8. The summed E-state index contributed by atoms with van der Waals surface area (Å²) < 4.78 is 4.55. The van der Waals surface area contributed by atoms with Gasteiger partial charge in [0.2, 0.25) is 3.79 Å². The highest BCUT2D eigenvalue weighted by molar-refractivity contribution is 6.71. The molecule has 0 aliphatic rings. The van der Waals surface area contributed by atoms with Crippen LogP contribution in [-0.2, 0) is 4.43 Å². The number of hydrogen-bond donors (Lipinski definition) is 0. The van der Waals surface area contributed by atoms with E-state index in [2.05, 4.69) is 19.6 Å². The lowest BCUT2D eigenvalue weighted by molar-refractivity contribution is 0.0833. The molecule has 86 valence electrons. The van der Waals surface area contributed by atoms with E-state index in [0.29, 0.717) is 0 Å². The molecule has 0 saturated carbocycles. The normalized spacial score (nSPS) is 16.9. The maximum Gasteiger partial charge on any atom is 0.215 e. The predicted octanol–water partition coefficient (Wildman–Crippen LogP) is 4.62. The van der Waals surface area contributed by atoms with Gasteiger partial charge in [-0.25, -0.2) is 0 Å². The minimum atomic E-state index is -1.69. The largest absolute Gasteiger partial charge is 0.410 e. The Morgan fingerprint density at radius 2 is 1.36 bits per heavy atom. The molecule has 0 spiro atoms. The lowest BCUT2D eigenvalue weighted by atomic mass is 9.90. The maximum absolute atomic E-state index is 5.92. The summed E-state index contributed by atoms with van der Waals surface area (Å²) in [5.74, 6) is 0. The van der Waals surface area contributed by atoms with Crippen molar-refractivity contribution in [2.24, 2.45) is 5.41 Å². The van der Waals surface area contributed by atoms with Gasteiger partial charge >= 0.3 is 0 Å². The first-order valence-electron chi connectivity index (χ1n) is 4.58. The van der Waals surface area contributed by atoms with E-state index in [0.717, 1.165) is 0 Å². The van der Waals surface area contributed by atoms with Crippen molar-refractivity contribution in [3.05, 3.63) is 0 Å². The van der Waals surface area contributed by atoms with Crippen LogP contribution in [0.4, 0.5) is 0 Å². The summed E-state index contributed by atoms with van der Waals surface area (Å²) in [6.07, 6.45) is -0.369. The molecular weight excluding hydrogens is 259 g/mol. The molecule has 0 N–H and O–H groups in total. The van der Waals surface area contributed by atoms with Gasteiger partial charge in [-0.2, -0.15) is 0 Å². The molecule has 0 radical (unpaired) electrons. The molecule has 1 unspecified atom stereocenters. The first-order valence-corrected chi connectivity index (χ1v) is 9.13. The maximum atomic E-state index is 5.92. The third-order valence-corrected chi connectivity index (χ3v) is 3.09. The molecule has 0 fully saturated rings. The molecular formula is C9H19Cl3OSi. The van der Waals surface area contributed by atoms with Crippen LogP contribution >= 0.6 is 34.8 Å². The Bertz CT molecular complexity index is 174. The average molecular weight is 278 g/mol. The van der Waals surface area contributed by atoms with Gasteiger partial charge in [0, 0.05) is 0 Å². The average Bonchev–Trinajstić information content (AvgIpc) is 1.75. The van der Waals surface area contributed by atoms with Crippen molar-refractivity contribution in [3.8, 4) is 0 Å². The van der Waals surface area contributed by atoms with Crippen LogP contribution in [0, 0.1) is 5.41 Å². The summed E-state index contributed by atoms with van der Waals surface area (Å²) in [6, 6.07) is 0. The van der Waals surface area contributed by atoms with E-state index < -0.39 is 12.1 Å². The van der Waals surface area contributed by atoms with Crippen molar-refractivity contribution < 1.29 is 4.43 Å². The minimum Gasteiger partial charge on any atom is -0.410 e. The van der Waals surface area contributed by atoms with Gasteiger partial charge in [0.25, 0.3) is 0 Å².